The van der Waals surface area contributed by atoms with Gasteiger partial charge in [0.1, 0.15) is 9.84 Å². The molecule has 0 unspecified atom stereocenters. The van der Waals surface area contributed by atoms with Crippen LogP contribution in [-0.2, 0) is 9.84 Å². The van der Waals surface area contributed by atoms with E-state index in [4.69, 9.17) is 5.73 Å². The van der Waals surface area contributed by atoms with E-state index in [2.05, 4.69) is 15.9 Å². The second kappa shape index (κ2) is 4.97. The van der Waals surface area contributed by atoms with Gasteiger partial charge in [-0.3, -0.25) is 4.79 Å². The Morgan fingerprint density at radius 2 is 2.06 bits per heavy atom. The minimum absolute atomic E-state index is 0.0370. The first-order chi connectivity index (χ1) is 7.29. The number of halogens is 1. The number of hydrogen-bond acceptors (Lipinski definition) is 4. The number of benzene rings is 1. The molecule has 16 heavy (non-hydrogen) atoms. The molecule has 6 heteroatoms. The number of rotatable bonds is 4. The van der Waals surface area contributed by atoms with Gasteiger partial charge in [-0.1, -0.05) is 15.9 Å². The molecule has 0 saturated heterocycles. The van der Waals surface area contributed by atoms with Crippen molar-refractivity contribution in [3.05, 3.63) is 28.2 Å². The van der Waals surface area contributed by atoms with Crippen LogP contribution >= 0.6 is 15.9 Å². The highest BCUT2D eigenvalue weighted by atomic mass is 79.9. The molecule has 0 bridgehead atoms. The highest BCUT2D eigenvalue weighted by Crippen LogP contribution is 2.19. The molecule has 0 heterocycles. The van der Waals surface area contributed by atoms with Crippen molar-refractivity contribution in [2.24, 2.45) is 0 Å². The maximum absolute atomic E-state index is 11.7. The summed E-state index contributed by atoms with van der Waals surface area (Å²) in [6.45, 7) is 0. The van der Waals surface area contributed by atoms with Gasteiger partial charge >= 0.3 is 0 Å². The Labute approximate surface area is 103 Å². The average Bonchev–Trinajstić information content (AvgIpc) is 2.13. The van der Waals surface area contributed by atoms with Crippen molar-refractivity contribution >= 4 is 37.2 Å². The van der Waals surface area contributed by atoms with Gasteiger partial charge in [0, 0.05) is 28.4 Å². The number of nitrogen functional groups attached to an aromatic ring is 1. The van der Waals surface area contributed by atoms with E-state index < -0.39 is 9.84 Å². The van der Waals surface area contributed by atoms with Crippen molar-refractivity contribution in [2.45, 2.75) is 6.42 Å². The second-order valence-electron chi connectivity index (χ2n) is 3.53. The van der Waals surface area contributed by atoms with Crippen LogP contribution in [0.25, 0.3) is 0 Å². The van der Waals surface area contributed by atoms with Crippen LogP contribution in [0.2, 0.25) is 0 Å². The van der Waals surface area contributed by atoms with Gasteiger partial charge < -0.3 is 5.73 Å². The molecule has 0 fully saturated rings. The lowest BCUT2D eigenvalue weighted by Crippen LogP contribution is -2.11. The number of hydrogen-bond donors (Lipinski definition) is 1. The quantitative estimate of drug-likeness (QED) is 0.678. The predicted molar refractivity (Wildman–Crippen MR) is 67.2 cm³/mol. The lowest BCUT2D eigenvalue weighted by atomic mass is 10.1. The molecular formula is C10H12BrNO3S. The zero-order valence-corrected chi connectivity index (χ0v) is 11.1. The Hall–Kier alpha value is -0.880. The topological polar surface area (TPSA) is 77.2 Å². The van der Waals surface area contributed by atoms with Gasteiger partial charge in [-0.2, -0.15) is 0 Å². The minimum atomic E-state index is -3.12. The van der Waals surface area contributed by atoms with Gasteiger partial charge in [0.15, 0.2) is 5.78 Å². The van der Waals surface area contributed by atoms with Crippen LogP contribution in [0.4, 0.5) is 5.69 Å². The molecule has 0 saturated carbocycles. The van der Waals surface area contributed by atoms with Crippen LogP contribution in [0.1, 0.15) is 16.8 Å². The van der Waals surface area contributed by atoms with Crippen LogP contribution in [-0.4, -0.2) is 26.2 Å². The van der Waals surface area contributed by atoms with Crippen molar-refractivity contribution < 1.29 is 13.2 Å². The molecule has 1 aromatic rings. The SMILES string of the molecule is CS(=O)(=O)CCC(=O)c1ccc(Br)cc1N. The molecule has 0 aliphatic rings. The molecule has 0 radical (unpaired) electrons. The molecule has 0 aliphatic carbocycles. The Bertz CT molecular complexity index is 511. The van der Waals surface area contributed by atoms with Crippen LogP contribution in [0.15, 0.2) is 22.7 Å². The smallest absolute Gasteiger partial charge is 0.165 e. The fourth-order valence-electron chi connectivity index (χ4n) is 1.20. The third-order valence-electron chi connectivity index (χ3n) is 2.01. The Morgan fingerprint density at radius 3 is 2.56 bits per heavy atom. The highest BCUT2D eigenvalue weighted by molar-refractivity contribution is 9.10. The second-order valence-corrected chi connectivity index (χ2v) is 6.71. The average molecular weight is 306 g/mol. The van der Waals surface area contributed by atoms with E-state index >= 15 is 0 Å². The Kier molecular flexibility index (Phi) is 4.09. The molecule has 1 aromatic carbocycles. The maximum Gasteiger partial charge on any atom is 0.165 e. The highest BCUT2D eigenvalue weighted by Gasteiger charge is 2.12. The molecule has 0 atom stereocenters. The maximum atomic E-state index is 11.7. The summed E-state index contributed by atoms with van der Waals surface area (Å²) < 4.78 is 22.6. The first-order valence-corrected chi connectivity index (χ1v) is 7.41. The largest absolute Gasteiger partial charge is 0.398 e. The third-order valence-corrected chi connectivity index (χ3v) is 3.45. The first-order valence-electron chi connectivity index (χ1n) is 4.55. The van der Waals surface area contributed by atoms with E-state index in [0.29, 0.717) is 11.3 Å². The summed E-state index contributed by atoms with van der Waals surface area (Å²) in [5.41, 5.74) is 6.38. The number of carbonyl (C=O) groups excluding carboxylic acids is 1. The molecule has 2 N–H and O–H groups in total. The van der Waals surface area contributed by atoms with E-state index in [1.54, 1.807) is 18.2 Å². The van der Waals surface area contributed by atoms with Crippen LogP contribution in [0.3, 0.4) is 0 Å². The zero-order chi connectivity index (χ0) is 12.3. The lowest BCUT2D eigenvalue weighted by Gasteiger charge is -2.04. The fourth-order valence-corrected chi connectivity index (χ4v) is 2.14. The van der Waals surface area contributed by atoms with Crippen molar-refractivity contribution in [1.29, 1.82) is 0 Å². The molecule has 4 nitrogen and oxygen atoms in total. The molecular weight excluding hydrogens is 294 g/mol. The summed E-state index contributed by atoms with van der Waals surface area (Å²) in [6.07, 6.45) is 1.07. The molecule has 0 spiro atoms. The van der Waals surface area contributed by atoms with Gasteiger partial charge in [-0.25, -0.2) is 8.42 Å². The molecule has 0 aromatic heterocycles. The zero-order valence-electron chi connectivity index (χ0n) is 8.73. The first kappa shape index (κ1) is 13.2. The number of nitrogens with two attached hydrogens (primary N) is 1. The van der Waals surface area contributed by atoms with Crippen molar-refractivity contribution in [2.75, 3.05) is 17.7 Å². The lowest BCUT2D eigenvalue weighted by molar-refractivity contribution is 0.0989. The Balaban J connectivity index is 2.82. The van der Waals surface area contributed by atoms with Gasteiger partial charge in [-0.15, -0.1) is 0 Å². The van der Waals surface area contributed by atoms with Crippen molar-refractivity contribution in [1.82, 2.24) is 0 Å². The molecule has 88 valence electrons. The van der Waals surface area contributed by atoms with Crippen LogP contribution in [0, 0.1) is 0 Å². The molecule has 0 aliphatic heterocycles. The van der Waals surface area contributed by atoms with Gasteiger partial charge in [-0.05, 0) is 18.2 Å². The van der Waals surface area contributed by atoms with E-state index in [1.165, 1.54) is 0 Å². The summed E-state index contributed by atoms with van der Waals surface area (Å²) in [6, 6.07) is 4.90. The van der Waals surface area contributed by atoms with Gasteiger partial charge in [0.25, 0.3) is 0 Å². The fraction of sp³-hybridized carbons (Fsp3) is 0.300. The van der Waals surface area contributed by atoms with E-state index in [0.717, 1.165) is 10.7 Å². The number of sulfone groups is 1. The van der Waals surface area contributed by atoms with E-state index in [9.17, 15) is 13.2 Å². The van der Waals surface area contributed by atoms with Crippen molar-refractivity contribution in [3.63, 3.8) is 0 Å². The summed E-state index contributed by atoms with van der Waals surface area (Å²) in [7, 11) is -3.12. The Morgan fingerprint density at radius 1 is 1.44 bits per heavy atom. The summed E-state index contributed by atoms with van der Waals surface area (Å²) in [5.74, 6) is -0.406. The van der Waals surface area contributed by atoms with Crippen LogP contribution < -0.4 is 5.73 Å². The monoisotopic (exact) mass is 305 g/mol. The summed E-state index contributed by atoms with van der Waals surface area (Å²) in [4.78, 5) is 11.7. The van der Waals surface area contributed by atoms with Gasteiger partial charge in [0.05, 0.1) is 5.75 Å². The van der Waals surface area contributed by atoms with Gasteiger partial charge in [0.2, 0.25) is 0 Å². The normalized spacial score (nSPS) is 11.4. The predicted octanol–water partition coefficient (Wildman–Crippen LogP) is 1.65. The molecule has 0 amide bonds. The number of carbonyl (C=O) groups is 1. The number of anilines is 1. The van der Waals surface area contributed by atoms with Crippen LogP contribution in [0.5, 0.6) is 0 Å². The number of Topliss-reactive ketones (excluding diaryl/α,β-unsaturated/α-hetero) is 1. The minimum Gasteiger partial charge on any atom is -0.398 e. The van der Waals surface area contributed by atoms with E-state index in [-0.39, 0.29) is 18.0 Å². The van der Waals surface area contributed by atoms with Crippen molar-refractivity contribution in [3.8, 4) is 0 Å². The summed E-state index contributed by atoms with van der Waals surface area (Å²) >= 11 is 3.23. The molecule has 1 rings (SSSR count). The third kappa shape index (κ3) is 3.94. The number of ketones is 1. The standard InChI is InChI=1S/C10H12BrNO3S/c1-16(14,15)5-4-10(13)8-3-2-7(11)6-9(8)12/h2-3,6H,4-5,12H2,1H3. The summed E-state index contributed by atoms with van der Waals surface area (Å²) in [5, 5.41) is 0. The van der Waals surface area contributed by atoms with E-state index in [1.807, 2.05) is 0 Å².